The van der Waals surface area contributed by atoms with Crippen molar-refractivity contribution in [3.05, 3.63) is 11.3 Å². The van der Waals surface area contributed by atoms with Gasteiger partial charge in [0.2, 0.25) is 5.88 Å². The van der Waals surface area contributed by atoms with Crippen LogP contribution in [0.2, 0.25) is 0 Å². The molecule has 2 rings (SSSR count). The van der Waals surface area contributed by atoms with Crippen LogP contribution in [0.15, 0.2) is 4.52 Å². The van der Waals surface area contributed by atoms with Gasteiger partial charge in [-0.25, -0.2) is 0 Å². The maximum atomic E-state index is 5.78. The first-order valence-electron chi connectivity index (χ1n) is 5.42. The summed E-state index contributed by atoms with van der Waals surface area (Å²) in [6.45, 7) is 4.38. The highest BCUT2D eigenvalue weighted by molar-refractivity contribution is 5.41. The molecule has 0 aliphatic heterocycles. The zero-order valence-electron chi connectivity index (χ0n) is 8.92. The molecule has 1 heterocycles. The zero-order chi connectivity index (χ0) is 10.1. The van der Waals surface area contributed by atoms with E-state index in [-0.39, 0.29) is 0 Å². The number of aromatic nitrogens is 1. The normalized spacial score (nSPS) is 17.4. The van der Waals surface area contributed by atoms with Crippen molar-refractivity contribution >= 4 is 5.88 Å². The Morgan fingerprint density at radius 3 is 2.71 bits per heavy atom. The molecule has 1 aromatic heterocycles. The van der Waals surface area contributed by atoms with E-state index in [2.05, 4.69) is 19.0 Å². The third kappa shape index (κ3) is 1.63. The second kappa shape index (κ2) is 3.64. The summed E-state index contributed by atoms with van der Waals surface area (Å²) in [5, 5.41) is 4.09. The summed E-state index contributed by atoms with van der Waals surface area (Å²) < 4.78 is 5.08. The van der Waals surface area contributed by atoms with Crippen molar-refractivity contribution in [3.63, 3.8) is 0 Å². The van der Waals surface area contributed by atoms with Crippen molar-refractivity contribution in [2.75, 3.05) is 5.73 Å². The molecule has 0 atom stereocenters. The average molecular weight is 194 g/mol. The molecule has 1 saturated carbocycles. The molecule has 0 spiro atoms. The first-order chi connectivity index (χ1) is 6.68. The maximum absolute atomic E-state index is 5.78. The maximum Gasteiger partial charge on any atom is 0.225 e. The highest BCUT2D eigenvalue weighted by Gasteiger charge is 2.27. The highest BCUT2D eigenvalue weighted by Crippen LogP contribution is 2.39. The van der Waals surface area contributed by atoms with E-state index in [4.69, 9.17) is 10.3 Å². The first kappa shape index (κ1) is 9.56. The van der Waals surface area contributed by atoms with Gasteiger partial charge in [0.05, 0.1) is 5.69 Å². The van der Waals surface area contributed by atoms with Crippen LogP contribution in [0.3, 0.4) is 0 Å². The van der Waals surface area contributed by atoms with Gasteiger partial charge in [0.15, 0.2) is 0 Å². The Kier molecular flexibility index (Phi) is 2.48. The van der Waals surface area contributed by atoms with Gasteiger partial charge in [-0.1, -0.05) is 25.4 Å². The molecule has 78 valence electrons. The number of hydrogen-bond acceptors (Lipinski definition) is 3. The Morgan fingerprint density at radius 1 is 1.50 bits per heavy atom. The molecule has 3 heteroatoms. The largest absolute Gasteiger partial charge is 0.367 e. The lowest BCUT2D eigenvalue weighted by molar-refractivity contribution is 0.368. The predicted molar refractivity (Wildman–Crippen MR) is 56.0 cm³/mol. The fraction of sp³-hybridized carbons (Fsp3) is 0.727. The molecule has 0 amide bonds. The highest BCUT2D eigenvalue weighted by atomic mass is 16.5. The molecule has 3 nitrogen and oxygen atoms in total. The first-order valence-corrected chi connectivity index (χ1v) is 5.42. The van der Waals surface area contributed by atoms with E-state index in [1.54, 1.807) is 0 Å². The van der Waals surface area contributed by atoms with Gasteiger partial charge in [-0.2, -0.15) is 0 Å². The van der Waals surface area contributed by atoms with Crippen molar-refractivity contribution in [1.82, 2.24) is 5.16 Å². The van der Waals surface area contributed by atoms with Gasteiger partial charge in [-0.15, -0.1) is 0 Å². The summed E-state index contributed by atoms with van der Waals surface area (Å²) in [5.74, 6) is 1.75. The number of nitrogens with zero attached hydrogens (tertiary/aromatic N) is 1. The molecule has 1 aliphatic carbocycles. The lowest BCUT2D eigenvalue weighted by Crippen LogP contribution is -2.12. The minimum atomic E-state index is 0.528. The average Bonchev–Trinajstić information content (AvgIpc) is 2.32. The Bertz CT molecular complexity index is 313. The lowest BCUT2D eigenvalue weighted by Gasteiger charge is -2.24. The summed E-state index contributed by atoms with van der Waals surface area (Å²) in [5.41, 5.74) is 8.06. The lowest BCUT2D eigenvalue weighted by atomic mass is 9.80. The summed E-state index contributed by atoms with van der Waals surface area (Å²) >= 11 is 0. The van der Waals surface area contributed by atoms with Gasteiger partial charge >= 0.3 is 0 Å². The number of hydrogen-bond donors (Lipinski definition) is 1. The van der Waals surface area contributed by atoms with Crippen molar-refractivity contribution in [3.8, 4) is 0 Å². The SMILES string of the molecule is CC(C)Cc1c(C2CCC2)noc1N. The van der Waals surface area contributed by atoms with Gasteiger partial charge in [-0.05, 0) is 25.2 Å². The van der Waals surface area contributed by atoms with Crippen molar-refractivity contribution in [2.45, 2.75) is 45.4 Å². The van der Waals surface area contributed by atoms with Crippen LogP contribution < -0.4 is 5.73 Å². The summed E-state index contributed by atoms with van der Waals surface area (Å²) in [4.78, 5) is 0. The van der Waals surface area contributed by atoms with Crippen LogP contribution in [0.25, 0.3) is 0 Å². The molecule has 1 aromatic rings. The topological polar surface area (TPSA) is 52.0 Å². The van der Waals surface area contributed by atoms with Crippen LogP contribution in [-0.4, -0.2) is 5.16 Å². The Labute approximate surface area is 84.7 Å². The molecule has 2 N–H and O–H groups in total. The number of rotatable bonds is 3. The Hall–Kier alpha value is -0.990. The van der Waals surface area contributed by atoms with Crippen LogP contribution in [0, 0.1) is 5.92 Å². The molecule has 0 bridgehead atoms. The fourth-order valence-electron chi connectivity index (χ4n) is 1.95. The van der Waals surface area contributed by atoms with E-state index in [0.717, 1.165) is 17.7 Å². The molecule has 1 aliphatic rings. The van der Waals surface area contributed by atoms with E-state index < -0.39 is 0 Å². The number of nitrogens with two attached hydrogens (primary N) is 1. The Morgan fingerprint density at radius 2 is 2.21 bits per heavy atom. The van der Waals surface area contributed by atoms with Gasteiger partial charge < -0.3 is 10.3 Å². The van der Waals surface area contributed by atoms with Crippen LogP contribution in [0.1, 0.15) is 50.3 Å². The van der Waals surface area contributed by atoms with Crippen molar-refractivity contribution in [2.24, 2.45) is 5.92 Å². The molecular weight excluding hydrogens is 176 g/mol. The second-order valence-corrected chi connectivity index (χ2v) is 4.64. The fourth-order valence-corrected chi connectivity index (χ4v) is 1.95. The van der Waals surface area contributed by atoms with E-state index in [1.807, 2.05) is 0 Å². The van der Waals surface area contributed by atoms with E-state index in [0.29, 0.717) is 17.7 Å². The molecule has 0 radical (unpaired) electrons. The van der Waals surface area contributed by atoms with Gasteiger partial charge in [0, 0.05) is 11.5 Å². The minimum Gasteiger partial charge on any atom is -0.367 e. The quantitative estimate of drug-likeness (QED) is 0.804. The summed E-state index contributed by atoms with van der Waals surface area (Å²) in [6, 6.07) is 0. The van der Waals surface area contributed by atoms with E-state index >= 15 is 0 Å². The van der Waals surface area contributed by atoms with Crippen molar-refractivity contribution in [1.29, 1.82) is 0 Å². The smallest absolute Gasteiger partial charge is 0.225 e. The van der Waals surface area contributed by atoms with Gasteiger partial charge in [-0.3, -0.25) is 0 Å². The van der Waals surface area contributed by atoms with Gasteiger partial charge in [0.1, 0.15) is 0 Å². The van der Waals surface area contributed by atoms with Gasteiger partial charge in [0.25, 0.3) is 0 Å². The minimum absolute atomic E-state index is 0.528. The predicted octanol–water partition coefficient (Wildman–Crippen LogP) is 2.72. The molecular formula is C11H18N2O. The molecule has 0 aromatic carbocycles. The summed E-state index contributed by atoms with van der Waals surface area (Å²) in [7, 11) is 0. The van der Waals surface area contributed by atoms with Crippen LogP contribution >= 0.6 is 0 Å². The van der Waals surface area contributed by atoms with Crippen LogP contribution in [-0.2, 0) is 6.42 Å². The Balaban J connectivity index is 2.21. The monoisotopic (exact) mass is 194 g/mol. The molecule has 14 heavy (non-hydrogen) atoms. The van der Waals surface area contributed by atoms with E-state index in [1.165, 1.54) is 19.3 Å². The zero-order valence-corrected chi connectivity index (χ0v) is 8.92. The van der Waals surface area contributed by atoms with E-state index in [9.17, 15) is 0 Å². The third-order valence-electron chi connectivity index (χ3n) is 2.95. The van der Waals surface area contributed by atoms with Crippen LogP contribution in [0.4, 0.5) is 5.88 Å². The number of anilines is 1. The second-order valence-electron chi connectivity index (χ2n) is 4.64. The molecule has 0 saturated heterocycles. The third-order valence-corrected chi connectivity index (χ3v) is 2.95. The molecule has 0 unspecified atom stereocenters. The summed E-state index contributed by atoms with van der Waals surface area (Å²) in [6.07, 6.45) is 4.80. The number of nitrogen functional groups attached to an aromatic ring is 1. The van der Waals surface area contributed by atoms with Crippen molar-refractivity contribution < 1.29 is 4.52 Å². The van der Waals surface area contributed by atoms with Crippen LogP contribution in [0.5, 0.6) is 0 Å². The molecule has 1 fully saturated rings. The standard InChI is InChI=1S/C11H18N2O/c1-7(2)6-9-10(8-4-3-5-8)13-14-11(9)12/h7-8H,3-6,12H2,1-2H3.